The van der Waals surface area contributed by atoms with Gasteiger partial charge >= 0.3 is 0 Å². The van der Waals surface area contributed by atoms with Crippen LogP contribution in [0.5, 0.6) is 0 Å². The number of aromatic nitrogens is 3. The molecule has 3 N–H and O–H groups in total. The van der Waals surface area contributed by atoms with E-state index >= 15 is 0 Å². The molecule has 3 amide bonds. The maximum Gasteiger partial charge on any atom is 0.227 e. The number of rotatable bonds is 21. The zero-order valence-electron chi connectivity index (χ0n) is 68.9. The molecule has 20 heteroatoms. The minimum absolute atomic E-state index is 0. The molecule has 9 atom stereocenters. The van der Waals surface area contributed by atoms with E-state index in [2.05, 4.69) is 160 Å². The molecule has 6 aromatic rings. The number of carbonyl (C=O) groups excluding carboxylic acids is 7. The van der Waals surface area contributed by atoms with Crippen molar-refractivity contribution in [1.29, 1.82) is 0 Å². The van der Waals surface area contributed by atoms with E-state index in [4.69, 9.17) is 0 Å². The molecular formula is C87H126N6O10S3Y-2. The van der Waals surface area contributed by atoms with Gasteiger partial charge in [-0.05, 0) is 103 Å². The molecule has 107 heavy (non-hydrogen) atoms. The van der Waals surface area contributed by atoms with Crippen molar-refractivity contribution in [2.45, 2.75) is 273 Å². The molecular weight excluding hydrogens is 1470 g/mol. The van der Waals surface area contributed by atoms with Crippen LogP contribution in [0.2, 0.25) is 0 Å². The average Bonchev–Trinajstić information content (AvgIpc) is 1.73. The van der Waals surface area contributed by atoms with Gasteiger partial charge < -0.3 is 40.7 Å². The predicted octanol–water partition coefficient (Wildman–Crippen LogP) is 17.6. The summed E-state index contributed by atoms with van der Waals surface area (Å²) < 4.78 is 0. The maximum absolute atomic E-state index is 13.6. The van der Waals surface area contributed by atoms with Crippen LogP contribution in [0.15, 0.2) is 83.3 Å². The summed E-state index contributed by atoms with van der Waals surface area (Å²) in [6, 6.07) is 24.0. The molecule has 0 spiro atoms. The minimum atomic E-state index is -0.727. The third kappa shape index (κ3) is 30.0. The number of aryl methyl sites for hydroxylation is 6. The van der Waals surface area contributed by atoms with Gasteiger partial charge in [0, 0.05) is 126 Å². The Balaban J connectivity index is 0.000000319. The first-order valence-corrected chi connectivity index (χ1v) is 40.4. The summed E-state index contributed by atoms with van der Waals surface area (Å²) in [6.07, 6.45) is 2.56. The van der Waals surface area contributed by atoms with Crippen molar-refractivity contribution in [2.75, 3.05) is 19.6 Å². The molecule has 3 aromatic carbocycles. The van der Waals surface area contributed by atoms with Crippen molar-refractivity contribution >= 4 is 74.9 Å². The van der Waals surface area contributed by atoms with Crippen molar-refractivity contribution in [3.63, 3.8) is 0 Å². The molecule has 3 aromatic heterocycles. The van der Waals surface area contributed by atoms with Gasteiger partial charge in [0.05, 0.1) is 74.1 Å². The second-order valence-corrected chi connectivity index (χ2v) is 38.5. The Kier molecular flexibility index (Phi) is 36.2. The van der Waals surface area contributed by atoms with Gasteiger partial charge in [-0.1, -0.05) is 166 Å². The predicted molar refractivity (Wildman–Crippen MR) is 433 cm³/mol. The van der Waals surface area contributed by atoms with Crippen LogP contribution < -0.4 is 0 Å². The number of nitrogens with zero attached hydrogens (tertiary/aromatic N) is 6. The number of aliphatic hydroxyl groups excluding tert-OH is 3. The van der Waals surface area contributed by atoms with E-state index in [-0.39, 0.29) is 141 Å². The summed E-state index contributed by atoms with van der Waals surface area (Å²) >= 11 is 4.84. The van der Waals surface area contributed by atoms with Crippen LogP contribution in [0.4, 0.5) is 0 Å². The van der Waals surface area contributed by atoms with Gasteiger partial charge in [0.15, 0.2) is 17.3 Å². The fourth-order valence-electron chi connectivity index (χ4n) is 13.0. The second-order valence-electron chi connectivity index (χ2n) is 36.0. The number of β-amino-alcohol motifs (C(OH)–C–C–N with tert-alkyl or cyclic N) is 3. The molecule has 3 aliphatic rings. The van der Waals surface area contributed by atoms with Gasteiger partial charge in [-0.25, -0.2) is 9.97 Å². The molecule has 587 valence electrons. The van der Waals surface area contributed by atoms with Gasteiger partial charge in [0.1, 0.15) is 5.78 Å². The average molecular weight is 1600 g/mol. The minimum Gasteiger partial charge on any atom is -0.391 e. The first-order valence-electron chi connectivity index (χ1n) is 37.7. The van der Waals surface area contributed by atoms with Crippen LogP contribution in [0.25, 0.3) is 31.3 Å². The van der Waals surface area contributed by atoms with Crippen molar-refractivity contribution in [3.8, 4) is 31.3 Å². The van der Waals surface area contributed by atoms with E-state index in [1.54, 1.807) is 43.8 Å². The Morgan fingerprint density at radius 3 is 1.10 bits per heavy atom. The number of aliphatic hydroxyl groups is 3. The van der Waals surface area contributed by atoms with E-state index in [9.17, 15) is 48.9 Å². The first kappa shape index (κ1) is 94.0. The molecule has 16 nitrogen and oxygen atoms in total. The number of thiazole rings is 3. The standard InChI is InChI=1S/C28H40N2O3S.C26H33N2O4S.C24H32N2O3S.C5H12.C4H9.Y/c1-18-25(34-17-29-18)20-11-8-19(9-12-20)10-13-24(32)23-14-21(31)16-30(23)26(33)22(28(5,6)7)15-27(2,3)4;1-16(29)12-21(26(3,4)5)25(32)28-14-20(30)13-22(28)23(31)11-8-18-6-9-19(10-7-18)24-17(2)27-15-33-24;1-15(24(3,4)5)23(29)26-13-19(27)12-20(26)21(28)11-8-17-6-9-18(10-7-17)22-16(2)25-14-30-22;1-5(2,3)4;1-4(2)3;/h8-9,11-12,17,21-23,31H,10,13-16H2,1-7H3;6,9-10,15,20-22,30H,8,11-14H2,1-5H3;6-7,9-10,14-15,19-20,27H,8,11-13H2,1-5H3;1-4H3;1-3H3;/q;-1;;;-1;/t21-,22?,23+;20-,21?,22+;15?,19-,20+;;;/m111.../s1. The molecule has 0 aliphatic carbocycles. The number of ketones is 4. The van der Waals surface area contributed by atoms with Gasteiger partial charge in [0.2, 0.25) is 17.7 Å². The topological polar surface area (TPSA) is 229 Å². The van der Waals surface area contributed by atoms with Crippen LogP contribution in [0.3, 0.4) is 0 Å². The monoisotopic (exact) mass is 1600 g/mol. The fraction of sp³-hybridized carbons (Fsp3) is 0.598. The largest absolute Gasteiger partial charge is 0.391 e. The first-order chi connectivity index (χ1) is 49.0. The second kappa shape index (κ2) is 41.2. The van der Waals surface area contributed by atoms with Crippen LogP contribution in [0, 0.1) is 77.6 Å². The van der Waals surface area contributed by atoms with Crippen LogP contribution >= 0.6 is 34.0 Å². The van der Waals surface area contributed by atoms with Crippen molar-refractivity contribution in [1.82, 2.24) is 29.7 Å². The third-order valence-corrected chi connectivity index (χ3v) is 22.2. The Hall–Kier alpha value is -5.38. The molecule has 3 aliphatic heterocycles. The molecule has 0 bridgehead atoms. The normalized spacial score (nSPS) is 19.0. The van der Waals surface area contributed by atoms with E-state index in [1.165, 1.54) is 27.5 Å². The molecule has 1 radical (unpaired) electrons. The molecule has 6 heterocycles. The maximum atomic E-state index is 13.6. The summed E-state index contributed by atoms with van der Waals surface area (Å²) in [5, 5.41) is 30.7. The number of likely N-dealkylation sites (tertiary alicyclic amines) is 3. The molecule has 9 rings (SSSR count). The zero-order chi connectivity index (χ0) is 79.7. The molecule has 3 saturated heterocycles. The van der Waals surface area contributed by atoms with Crippen molar-refractivity contribution in [3.05, 3.63) is 129 Å². The van der Waals surface area contributed by atoms with Gasteiger partial charge in [-0.3, -0.25) is 33.8 Å². The number of amides is 3. The van der Waals surface area contributed by atoms with Crippen LogP contribution in [0.1, 0.15) is 231 Å². The number of Topliss-reactive ketones (excluding diaryl/α,β-unsaturated/α-hetero) is 4. The number of benzene rings is 3. The molecule has 3 unspecified atom stereocenters. The number of hydrogen-bond donors (Lipinski definition) is 3. The fourth-order valence-corrected chi connectivity index (χ4v) is 15.4. The quantitative estimate of drug-likeness (QED) is 0.0570. The zero-order valence-corrected chi connectivity index (χ0v) is 74.2. The summed E-state index contributed by atoms with van der Waals surface area (Å²) in [6.45, 7) is 49.5. The Morgan fingerprint density at radius 1 is 0.495 bits per heavy atom. The van der Waals surface area contributed by atoms with E-state index in [0.29, 0.717) is 50.4 Å². The Labute approximate surface area is 678 Å². The van der Waals surface area contributed by atoms with Gasteiger partial charge in [0.25, 0.3) is 0 Å². The van der Waals surface area contributed by atoms with E-state index < -0.39 is 47.8 Å². The van der Waals surface area contributed by atoms with Gasteiger partial charge in [-0.2, -0.15) is 50.6 Å². The SMILES string of the molecule is CC(=O)CC(C(=O)N1C[C@H](O)C[C@H]1C(=O)CCc1[c-]cc(-c2scnc2C)cc1)C(C)(C)C.CC(C)(C)C.C[C-](C)C.Cc1ncsc1-c1ccc(CCC(=O)[C@@H]2C[C@@H](O)CN2C(=O)C(C)C(C)(C)C)cc1.Cc1ncsc1-c1ccc(CCC(=O)[C@@H]2C[C@@H](O)CN2C(=O)C(CC(C)(C)C)C(C)(C)C)cc1.[Y]. The number of carbonyl (C=O) groups is 7. The molecule has 3 fully saturated rings. The van der Waals surface area contributed by atoms with Gasteiger partial charge in [-0.15, -0.1) is 39.6 Å². The van der Waals surface area contributed by atoms with Crippen LogP contribution in [-0.2, 0) is 85.5 Å². The Morgan fingerprint density at radius 2 is 0.813 bits per heavy atom. The smallest absolute Gasteiger partial charge is 0.227 e. The summed E-state index contributed by atoms with van der Waals surface area (Å²) in [5.41, 5.74) is 14.7. The Bertz CT molecular complexity index is 3820. The van der Waals surface area contributed by atoms with Crippen molar-refractivity contribution < 1.29 is 81.6 Å². The third-order valence-electron chi connectivity index (χ3n) is 19.2. The number of hydrogen-bond acceptors (Lipinski definition) is 16. The van der Waals surface area contributed by atoms with Crippen molar-refractivity contribution in [2.24, 2.45) is 44.8 Å². The summed E-state index contributed by atoms with van der Waals surface area (Å²) in [7, 11) is 0. The van der Waals surface area contributed by atoms with E-state index in [1.807, 2.05) is 104 Å². The summed E-state index contributed by atoms with van der Waals surface area (Å²) in [4.78, 5) is 112. The van der Waals surface area contributed by atoms with E-state index in [0.717, 1.165) is 61.8 Å². The molecule has 0 saturated carbocycles. The summed E-state index contributed by atoms with van der Waals surface area (Å²) in [5.74, 6) is 0.179. The van der Waals surface area contributed by atoms with Crippen LogP contribution in [-0.4, -0.2) is 142 Å².